The lowest BCUT2D eigenvalue weighted by atomic mass is 9.97. The Hall–Kier alpha value is -4.19. The number of anilines is 1. The summed E-state index contributed by atoms with van der Waals surface area (Å²) in [6, 6.07) is 19.8. The van der Waals surface area contributed by atoms with Gasteiger partial charge in [-0.1, -0.05) is 53.7 Å². The standard InChI is InChI=1S/C27H18N4S/c1-3-20-6-4-5-7-24(20)22-12-13-31(18(2)14-22)27-30-26-25(32-27)15-23(17-29-26)21-10-8-19(16-28)9-11-21/h1,4-12,14-15,17H,13H2,2H3. The predicted molar refractivity (Wildman–Crippen MR) is 131 cm³/mol. The molecule has 1 aliphatic heterocycles. The minimum absolute atomic E-state index is 0.646. The first-order valence-corrected chi connectivity index (χ1v) is 11.0. The van der Waals surface area contributed by atoms with Gasteiger partial charge in [0, 0.05) is 29.6 Å². The van der Waals surface area contributed by atoms with E-state index in [0.717, 1.165) is 55.5 Å². The second-order valence-electron chi connectivity index (χ2n) is 7.48. The fourth-order valence-corrected chi connectivity index (χ4v) is 4.82. The summed E-state index contributed by atoms with van der Waals surface area (Å²) in [5.41, 5.74) is 7.65. The van der Waals surface area contributed by atoms with Crippen molar-refractivity contribution in [3.63, 3.8) is 0 Å². The van der Waals surface area contributed by atoms with Crippen LogP contribution >= 0.6 is 11.3 Å². The number of hydrogen-bond acceptors (Lipinski definition) is 5. The van der Waals surface area contributed by atoms with Gasteiger partial charge >= 0.3 is 0 Å². The van der Waals surface area contributed by atoms with Gasteiger partial charge in [-0.3, -0.25) is 0 Å². The van der Waals surface area contributed by atoms with Crippen LogP contribution in [0.5, 0.6) is 0 Å². The number of rotatable bonds is 3. The van der Waals surface area contributed by atoms with E-state index < -0.39 is 0 Å². The number of allylic oxidation sites excluding steroid dienone is 3. The van der Waals surface area contributed by atoms with Crippen LogP contribution in [0, 0.1) is 23.7 Å². The molecule has 0 unspecified atom stereocenters. The first kappa shape index (κ1) is 19.8. The maximum absolute atomic E-state index is 9.00. The molecule has 0 saturated carbocycles. The highest BCUT2D eigenvalue weighted by Gasteiger charge is 2.19. The highest BCUT2D eigenvalue weighted by molar-refractivity contribution is 7.22. The van der Waals surface area contributed by atoms with Gasteiger partial charge in [0.2, 0.25) is 0 Å². The minimum Gasteiger partial charge on any atom is -0.318 e. The van der Waals surface area contributed by atoms with Crippen LogP contribution in [-0.4, -0.2) is 16.5 Å². The van der Waals surface area contributed by atoms with E-state index in [0.29, 0.717) is 5.56 Å². The van der Waals surface area contributed by atoms with Crippen LogP contribution < -0.4 is 4.90 Å². The number of benzene rings is 2. The molecule has 2 aromatic carbocycles. The zero-order chi connectivity index (χ0) is 22.1. The molecule has 32 heavy (non-hydrogen) atoms. The smallest absolute Gasteiger partial charge is 0.192 e. The molecule has 5 heteroatoms. The van der Waals surface area contributed by atoms with Crippen LogP contribution in [0.3, 0.4) is 0 Å². The normalized spacial score (nSPS) is 13.3. The van der Waals surface area contributed by atoms with E-state index in [1.165, 1.54) is 0 Å². The highest BCUT2D eigenvalue weighted by Crippen LogP contribution is 2.35. The van der Waals surface area contributed by atoms with Gasteiger partial charge in [0.15, 0.2) is 10.8 Å². The molecule has 4 nitrogen and oxygen atoms in total. The van der Waals surface area contributed by atoms with Crippen molar-refractivity contribution in [3.8, 4) is 29.5 Å². The molecule has 0 N–H and O–H groups in total. The van der Waals surface area contributed by atoms with E-state index in [1.54, 1.807) is 11.3 Å². The van der Waals surface area contributed by atoms with Crippen molar-refractivity contribution in [1.29, 1.82) is 5.26 Å². The summed E-state index contributed by atoms with van der Waals surface area (Å²) in [4.78, 5) is 11.5. The van der Waals surface area contributed by atoms with Gasteiger partial charge in [0.05, 0.1) is 16.3 Å². The van der Waals surface area contributed by atoms with Crippen LogP contribution in [0.25, 0.3) is 27.0 Å². The molecule has 1 aliphatic rings. The lowest BCUT2D eigenvalue weighted by Crippen LogP contribution is -2.23. The van der Waals surface area contributed by atoms with Crippen molar-refractivity contribution in [2.24, 2.45) is 0 Å². The molecule has 0 saturated heterocycles. The summed E-state index contributed by atoms with van der Waals surface area (Å²) in [6.07, 6.45) is 11.9. The fourth-order valence-electron chi connectivity index (χ4n) is 3.79. The zero-order valence-electron chi connectivity index (χ0n) is 17.4. The van der Waals surface area contributed by atoms with Crippen molar-refractivity contribution in [2.45, 2.75) is 6.92 Å². The maximum atomic E-state index is 9.00. The zero-order valence-corrected chi connectivity index (χ0v) is 18.2. The summed E-state index contributed by atoms with van der Waals surface area (Å²) >= 11 is 1.63. The molecular formula is C27H18N4S. The first-order chi connectivity index (χ1) is 15.7. The van der Waals surface area contributed by atoms with Crippen LogP contribution in [0.4, 0.5) is 5.13 Å². The Labute approximate surface area is 190 Å². The quantitative estimate of drug-likeness (QED) is 0.373. The average molecular weight is 431 g/mol. The van der Waals surface area contributed by atoms with E-state index in [9.17, 15) is 0 Å². The maximum Gasteiger partial charge on any atom is 0.192 e. The van der Waals surface area contributed by atoms with Gasteiger partial charge in [-0.2, -0.15) is 10.2 Å². The topological polar surface area (TPSA) is 52.8 Å². The van der Waals surface area contributed by atoms with E-state index in [-0.39, 0.29) is 0 Å². The first-order valence-electron chi connectivity index (χ1n) is 10.2. The van der Waals surface area contributed by atoms with Crippen molar-refractivity contribution in [3.05, 3.63) is 95.3 Å². The number of nitriles is 1. The third-order valence-corrected chi connectivity index (χ3v) is 6.51. The Morgan fingerprint density at radius 3 is 2.66 bits per heavy atom. The van der Waals surface area contributed by atoms with Crippen molar-refractivity contribution >= 4 is 32.4 Å². The molecule has 0 radical (unpaired) electrons. The number of thiazole rings is 1. The SMILES string of the molecule is C#Cc1ccccc1C1=CCN(c2nc3ncc(-c4ccc(C#N)cc4)cc3s2)C(C)=C1. The molecule has 0 bridgehead atoms. The van der Waals surface area contributed by atoms with Crippen LogP contribution in [0.2, 0.25) is 0 Å². The monoisotopic (exact) mass is 430 g/mol. The average Bonchev–Trinajstić information content (AvgIpc) is 3.27. The number of terminal acetylenes is 1. The van der Waals surface area contributed by atoms with E-state index in [1.807, 2.05) is 48.7 Å². The number of nitrogens with zero attached hydrogens (tertiary/aromatic N) is 4. The molecule has 0 amide bonds. The largest absolute Gasteiger partial charge is 0.318 e. The summed E-state index contributed by atoms with van der Waals surface area (Å²) in [6.45, 7) is 2.81. The molecule has 3 heterocycles. The second-order valence-corrected chi connectivity index (χ2v) is 8.49. The molecular weight excluding hydrogens is 412 g/mol. The third-order valence-electron chi connectivity index (χ3n) is 5.49. The van der Waals surface area contributed by atoms with Gasteiger partial charge in [0.25, 0.3) is 0 Å². The molecule has 2 aromatic heterocycles. The van der Waals surface area contributed by atoms with Crippen LogP contribution in [0.1, 0.15) is 23.6 Å². The summed E-state index contributed by atoms with van der Waals surface area (Å²) in [7, 11) is 0. The molecule has 0 spiro atoms. The highest BCUT2D eigenvalue weighted by atomic mass is 32.1. The van der Waals surface area contributed by atoms with Gasteiger partial charge < -0.3 is 4.90 Å². The molecule has 5 rings (SSSR count). The van der Waals surface area contributed by atoms with Crippen LogP contribution in [0.15, 0.2) is 78.6 Å². The number of hydrogen-bond donors (Lipinski definition) is 0. The summed E-state index contributed by atoms with van der Waals surface area (Å²) in [5.74, 6) is 2.78. The van der Waals surface area contributed by atoms with E-state index >= 15 is 0 Å². The second kappa shape index (κ2) is 8.15. The third kappa shape index (κ3) is 3.56. The van der Waals surface area contributed by atoms with Gasteiger partial charge in [0.1, 0.15) is 0 Å². The van der Waals surface area contributed by atoms with Crippen molar-refractivity contribution in [1.82, 2.24) is 9.97 Å². The Morgan fingerprint density at radius 1 is 1.09 bits per heavy atom. The predicted octanol–water partition coefficient (Wildman–Crippen LogP) is 6.02. The molecule has 0 aliphatic carbocycles. The number of fused-ring (bicyclic) bond motifs is 1. The Kier molecular flexibility index (Phi) is 5.03. The lowest BCUT2D eigenvalue weighted by Gasteiger charge is -2.25. The summed E-state index contributed by atoms with van der Waals surface area (Å²) < 4.78 is 1.03. The molecule has 0 atom stereocenters. The molecule has 0 fully saturated rings. The van der Waals surface area contributed by atoms with Gasteiger partial charge in [-0.25, -0.2) is 4.98 Å². The number of pyridine rings is 1. The Bertz CT molecular complexity index is 1480. The fraction of sp³-hybridized carbons (Fsp3) is 0.0741. The Balaban J connectivity index is 1.44. The Morgan fingerprint density at radius 2 is 1.91 bits per heavy atom. The van der Waals surface area contributed by atoms with Crippen LogP contribution in [-0.2, 0) is 0 Å². The van der Waals surface area contributed by atoms with Crippen molar-refractivity contribution < 1.29 is 0 Å². The number of aromatic nitrogens is 2. The van der Waals surface area contributed by atoms with Gasteiger partial charge in [-0.15, -0.1) is 6.42 Å². The van der Waals surface area contributed by atoms with E-state index in [2.05, 4.69) is 53.1 Å². The van der Waals surface area contributed by atoms with Crippen molar-refractivity contribution in [2.75, 3.05) is 11.4 Å². The van der Waals surface area contributed by atoms with Gasteiger partial charge in [-0.05, 0) is 54.0 Å². The minimum atomic E-state index is 0.646. The summed E-state index contributed by atoms with van der Waals surface area (Å²) in [5, 5.41) is 9.92. The van der Waals surface area contributed by atoms with E-state index in [4.69, 9.17) is 16.7 Å². The lowest BCUT2D eigenvalue weighted by molar-refractivity contribution is 0.986. The molecule has 152 valence electrons. The molecule has 4 aromatic rings.